The highest BCUT2D eigenvalue weighted by Gasteiger charge is 2.22. The summed E-state index contributed by atoms with van der Waals surface area (Å²) in [6.07, 6.45) is 1.63. The van der Waals surface area contributed by atoms with Crippen LogP contribution in [0.15, 0.2) is 48.7 Å². The summed E-state index contributed by atoms with van der Waals surface area (Å²) in [6.45, 7) is 3.28. The third kappa shape index (κ3) is 4.99. The Labute approximate surface area is 203 Å². The van der Waals surface area contributed by atoms with Crippen LogP contribution in [0.3, 0.4) is 0 Å². The Morgan fingerprint density at radius 3 is 2.60 bits per heavy atom. The number of ether oxygens (including phenoxy) is 1. The van der Waals surface area contributed by atoms with Crippen molar-refractivity contribution in [3.05, 3.63) is 64.6 Å². The zero-order valence-electron chi connectivity index (χ0n) is 20.4. The largest absolute Gasteiger partial charge is 0.494 e. The molecule has 11 nitrogen and oxygen atoms in total. The first-order valence-electron chi connectivity index (χ1n) is 11.0. The fourth-order valence-corrected chi connectivity index (χ4v) is 3.84. The molecule has 2 aromatic carbocycles. The van der Waals surface area contributed by atoms with Gasteiger partial charge in [0.05, 0.1) is 28.8 Å². The Bertz CT molecular complexity index is 1370. The van der Waals surface area contributed by atoms with Crippen LogP contribution in [-0.2, 0) is 0 Å². The number of fused-ring (bicyclic) bond motifs is 1. The smallest absolute Gasteiger partial charge is 0.294 e. The number of benzene rings is 2. The van der Waals surface area contributed by atoms with Crippen LogP contribution in [0.1, 0.15) is 5.82 Å². The van der Waals surface area contributed by atoms with Gasteiger partial charge in [-0.25, -0.2) is 9.97 Å². The van der Waals surface area contributed by atoms with Gasteiger partial charge in [0, 0.05) is 38.5 Å². The molecule has 0 spiro atoms. The van der Waals surface area contributed by atoms with Crippen molar-refractivity contribution in [2.75, 3.05) is 51.6 Å². The van der Waals surface area contributed by atoms with Crippen LogP contribution in [0.4, 0.5) is 23.0 Å². The standard InChI is InChI=1S/C24H28N8O3/c1-16-26-17-8-6-7-9-19(17)31(16)23-10-11-25-24(28-23)27-18-14-21(32(33)34)20(15-22(18)35-5)30(4)13-12-29(2)3/h6-11,14-15H,12-13H2,1-5H3,(H,25,27,28). The van der Waals surface area contributed by atoms with E-state index in [0.717, 1.165) is 23.4 Å². The highest BCUT2D eigenvalue weighted by molar-refractivity contribution is 5.78. The lowest BCUT2D eigenvalue weighted by Crippen LogP contribution is -2.28. The average molecular weight is 477 g/mol. The zero-order valence-corrected chi connectivity index (χ0v) is 20.4. The van der Waals surface area contributed by atoms with E-state index in [1.807, 2.05) is 66.7 Å². The van der Waals surface area contributed by atoms with Gasteiger partial charge in [0.1, 0.15) is 23.1 Å². The number of nitrogens with zero attached hydrogens (tertiary/aromatic N) is 7. The molecule has 1 N–H and O–H groups in total. The maximum Gasteiger partial charge on any atom is 0.294 e. The molecule has 0 aliphatic heterocycles. The topological polar surface area (TPSA) is 114 Å². The number of rotatable bonds is 9. The summed E-state index contributed by atoms with van der Waals surface area (Å²) in [5.41, 5.74) is 2.61. The minimum absolute atomic E-state index is 0.0397. The van der Waals surface area contributed by atoms with Gasteiger partial charge < -0.3 is 19.9 Å². The molecule has 4 aromatic rings. The second-order valence-corrected chi connectivity index (χ2v) is 8.37. The Balaban J connectivity index is 1.70. The summed E-state index contributed by atoms with van der Waals surface area (Å²) in [5.74, 6) is 2.14. The van der Waals surface area contributed by atoms with Crippen molar-refractivity contribution < 1.29 is 9.66 Å². The summed E-state index contributed by atoms with van der Waals surface area (Å²) in [4.78, 5) is 28.9. The van der Waals surface area contributed by atoms with E-state index in [1.165, 1.54) is 13.2 Å². The van der Waals surface area contributed by atoms with Crippen LogP contribution in [0.25, 0.3) is 16.9 Å². The number of nitro groups is 1. The molecule has 4 rings (SSSR count). The van der Waals surface area contributed by atoms with Crippen LogP contribution >= 0.6 is 0 Å². The molecule has 2 aromatic heterocycles. The van der Waals surface area contributed by atoms with Crippen molar-refractivity contribution in [3.8, 4) is 11.6 Å². The van der Waals surface area contributed by atoms with E-state index < -0.39 is 4.92 Å². The van der Waals surface area contributed by atoms with Gasteiger partial charge in [-0.15, -0.1) is 0 Å². The van der Waals surface area contributed by atoms with Crippen molar-refractivity contribution in [2.24, 2.45) is 0 Å². The summed E-state index contributed by atoms with van der Waals surface area (Å²) in [7, 11) is 7.26. The summed E-state index contributed by atoms with van der Waals surface area (Å²) in [5, 5.41) is 15.0. The molecule has 0 saturated heterocycles. The molecule has 11 heteroatoms. The molecule has 2 heterocycles. The number of nitro benzene ring substituents is 1. The number of hydrogen-bond acceptors (Lipinski definition) is 9. The summed E-state index contributed by atoms with van der Waals surface area (Å²) in [6, 6.07) is 12.7. The third-order valence-corrected chi connectivity index (χ3v) is 5.63. The molecule has 0 saturated carbocycles. The molecular weight excluding hydrogens is 448 g/mol. The van der Waals surface area contributed by atoms with Gasteiger partial charge >= 0.3 is 0 Å². The molecule has 0 aliphatic carbocycles. The van der Waals surface area contributed by atoms with E-state index in [9.17, 15) is 10.1 Å². The van der Waals surface area contributed by atoms with E-state index in [1.54, 1.807) is 18.3 Å². The molecule has 0 amide bonds. The van der Waals surface area contributed by atoms with Gasteiger partial charge in [-0.05, 0) is 39.2 Å². The average Bonchev–Trinajstić information content (AvgIpc) is 3.18. The first kappa shape index (κ1) is 23.9. The van der Waals surface area contributed by atoms with E-state index in [0.29, 0.717) is 29.5 Å². The lowest BCUT2D eigenvalue weighted by Gasteiger charge is -2.22. The maximum atomic E-state index is 11.9. The Morgan fingerprint density at radius 2 is 1.89 bits per heavy atom. The lowest BCUT2D eigenvalue weighted by molar-refractivity contribution is -0.384. The molecule has 35 heavy (non-hydrogen) atoms. The number of aromatic nitrogens is 4. The quantitative estimate of drug-likeness (QED) is 0.285. The maximum absolute atomic E-state index is 11.9. The van der Waals surface area contributed by atoms with Crippen molar-refractivity contribution >= 4 is 34.0 Å². The lowest BCUT2D eigenvalue weighted by atomic mass is 10.2. The number of hydrogen-bond donors (Lipinski definition) is 1. The van der Waals surface area contributed by atoms with Crippen molar-refractivity contribution in [2.45, 2.75) is 6.92 Å². The van der Waals surface area contributed by atoms with Crippen LogP contribution < -0.4 is 15.0 Å². The van der Waals surface area contributed by atoms with E-state index >= 15 is 0 Å². The van der Waals surface area contributed by atoms with Crippen molar-refractivity contribution in [1.29, 1.82) is 0 Å². The molecular formula is C24H28N8O3. The summed E-state index contributed by atoms with van der Waals surface area (Å²) >= 11 is 0. The fraction of sp³-hybridized carbons (Fsp3) is 0.292. The molecule has 0 radical (unpaired) electrons. The molecule has 0 fully saturated rings. The van der Waals surface area contributed by atoms with E-state index in [-0.39, 0.29) is 11.6 Å². The molecule has 0 atom stereocenters. The van der Waals surface area contributed by atoms with Gasteiger partial charge in [0.25, 0.3) is 5.69 Å². The van der Waals surface area contributed by atoms with Crippen LogP contribution in [0, 0.1) is 17.0 Å². The molecule has 182 valence electrons. The number of nitrogens with one attached hydrogen (secondary N) is 1. The van der Waals surface area contributed by atoms with Gasteiger partial charge in [-0.2, -0.15) is 4.98 Å². The van der Waals surface area contributed by atoms with Crippen molar-refractivity contribution in [3.63, 3.8) is 0 Å². The first-order chi connectivity index (χ1) is 16.8. The first-order valence-corrected chi connectivity index (χ1v) is 11.0. The van der Waals surface area contributed by atoms with Gasteiger partial charge in [-0.3, -0.25) is 14.7 Å². The second kappa shape index (κ2) is 9.94. The van der Waals surface area contributed by atoms with Gasteiger partial charge in [-0.1, -0.05) is 12.1 Å². The predicted octanol–water partition coefficient (Wildman–Crippen LogP) is 3.78. The number of imidazole rings is 1. The molecule has 0 bridgehead atoms. The van der Waals surface area contributed by atoms with E-state index in [4.69, 9.17) is 4.74 Å². The summed E-state index contributed by atoms with van der Waals surface area (Å²) < 4.78 is 7.49. The van der Waals surface area contributed by atoms with Gasteiger partial charge in [0.2, 0.25) is 5.95 Å². The number of likely N-dealkylation sites (N-methyl/N-ethyl adjacent to an activating group) is 2. The number of anilines is 3. The normalized spacial score (nSPS) is 11.1. The monoisotopic (exact) mass is 476 g/mol. The highest BCUT2D eigenvalue weighted by atomic mass is 16.6. The highest BCUT2D eigenvalue weighted by Crippen LogP contribution is 2.38. The zero-order chi connectivity index (χ0) is 25.1. The third-order valence-electron chi connectivity index (χ3n) is 5.63. The van der Waals surface area contributed by atoms with E-state index in [2.05, 4.69) is 20.3 Å². The molecule has 0 unspecified atom stereocenters. The van der Waals surface area contributed by atoms with Crippen LogP contribution in [0.2, 0.25) is 0 Å². The Kier molecular flexibility index (Phi) is 6.78. The minimum atomic E-state index is -0.398. The minimum Gasteiger partial charge on any atom is -0.494 e. The predicted molar refractivity (Wildman–Crippen MR) is 136 cm³/mol. The number of methoxy groups -OCH3 is 1. The second-order valence-electron chi connectivity index (χ2n) is 8.37. The number of aryl methyl sites for hydroxylation is 1. The molecule has 0 aliphatic rings. The van der Waals surface area contributed by atoms with Crippen molar-refractivity contribution in [1.82, 2.24) is 24.4 Å². The SMILES string of the molecule is COc1cc(N(C)CCN(C)C)c([N+](=O)[O-])cc1Nc1nccc(-n2c(C)nc3ccccc32)n1. The van der Waals surface area contributed by atoms with Gasteiger partial charge in [0.15, 0.2) is 0 Å². The van der Waals surface area contributed by atoms with Crippen LogP contribution in [0.5, 0.6) is 5.75 Å². The van der Waals surface area contributed by atoms with Crippen LogP contribution in [-0.4, -0.2) is 70.7 Å². The Morgan fingerprint density at radius 1 is 1.11 bits per heavy atom. The number of para-hydroxylation sites is 2. The Hall–Kier alpha value is -4.25. The fourth-order valence-electron chi connectivity index (χ4n) is 3.84.